The van der Waals surface area contributed by atoms with E-state index in [4.69, 9.17) is 9.84 Å². The Kier molecular flexibility index (Phi) is 2.73. The third-order valence-electron chi connectivity index (χ3n) is 1.24. The van der Waals surface area contributed by atoms with E-state index in [9.17, 15) is 9.18 Å². The molecule has 6 heteroatoms. The van der Waals surface area contributed by atoms with E-state index in [0.29, 0.717) is 0 Å². The summed E-state index contributed by atoms with van der Waals surface area (Å²) >= 11 is 0. The number of carboxylic acids is 1. The number of halogens is 1. The van der Waals surface area contributed by atoms with Crippen LogP contribution in [0.3, 0.4) is 0 Å². The summed E-state index contributed by atoms with van der Waals surface area (Å²) in [5.41, 5.74) is -0.682. The lowest BCUT2D eigenvalue weighted by Crippen LogP contribution is -2.08. The van der Waals surface area contributed by atoms with Gasteiger partial charge in [-0.25, -0.2) is 9.78 Å². The maximum absolute atomic E-state index is 13.1. The Labute approximate surface area is 73.2 Å². The number of aromatic carboxylic acids is 1. The summed E-state index contributed by atoms with van der Waals surface area (Å²) in [6.45, 7) is 1.86. The van der Waals surface area contributed by atoms with E-state index in [2.05, 4.69) is 9.97 Å². The molecule has 1 heterocycles. The number of carbonyl (C=O) groups is 1. The fourth-order valence-electron chi connectivity index (χ4n) is 0.740. The molecule has 0 aliphatic rings. The Morgan fingerprint density at radius 2 is 2.38 bits per heavy atom. The molecule has 0 spiro atoms. The first-order valence-electron chi connectivity index (χ1n) is 3.53. The predicted molar refractivity (Wildman–Crippen MR) is 40.1 cm³/mol. The van der Waals surface area contributed by atoms with Crippen LogP contribution in [0.1, 0.15) is 17.4 Å². The van der Waals surface area contributed by atoms with Gasteiger partial charge in [-0.3, -0.25) is 0 Å². The van der Waals surface area contributed by atoms with Crippen LogP contribution in [0, 0.1) is 5.82 Å². The first-order valence-corrected chi connectivity index (χ1v) is 3.53. The molecule has 0 fully saturated rings. The SMILES string of the molecule is CCOc1ncnc(C(=O)O)c1F. The van der Waals surface area contributed by atoms with Gasteiger partial charge in [-0.1, -0.05) is 0 Å². The molecule has 0 amide bonds. The van der Waals surface area contributed by atoms with Gasteiger partial charge in [0.05, 0.1) is 6.61 Å². The Bertz CT molecular complexity index is 330. The smallest absolute Gasteiger partial charge is 0.357 e. The molecule has 70 valence electrons. The number of hydrogen-bond donors (Lipinski definition) is 1. The van der Waals surface area contributed by atoms with Gasteiger partial charge in [0, 0.05) is 0 Å². The first-order chi connectivity index (χ1) is 6.16. The van der Waals surface area contributed by atoms with Crippen molar-refractivity contribution in [3.05, 3.63) is 17.8 Å². The molecule has 5 nitrogen and oxygen atoms in total. The minimum absolute atomic E-state index is 0.215. The van der Waals surface area contributed by atoms with Crippen molar-refractivity contribution in [3.63, 3.8) is 0 Å². The van der Waals surface area contributed by atoms with Gasteiger partial charge in [-0.15, -0.1) is 0 Å². The second kappa shape index (κ2) is 3.79. The van der Waals surface area contributed by atoms with Crippen molar-refractivity contribution in [1.29, 1.82) is 0 Å². The van der Waals surface area contributed by atoms with Crippen LogP contribution in [-0.4, -0.2) is 27.7 Å². The second-order valence-electron chi connectivity index (χ2n) is 2.08. The zero-order chi connectivity index (χ0) is 9.84. The summed E-state index contributed by atoms with van der Waals surface area (Å²) in [5, 5.41) is 8.47. The molecule has 0 aromatic carbocycles. The van der Waals surface area contributed by atoms with Gasteiger partial charge in [0.25, 0.3) is 5.88 Å². The standard InChI is InChI=1S/C7H7FN2O3/c1-2-13-6-4(8)5(7(11)12)9-3-10-6/h3H,2H2,1H3,(H,11,12). The van der Waals surface area contributed by atoms with E-state index < -0.39 is 17.5 Å². The normalized spacial score (nSPS) is 9.69. The third-order valence-corrected chi connectivity index (χ3v) is 1.24. The molecule has 0 saturated carbocycles. The van der Waals surface area contributed by atoms with Gasteiger partial charge in [-0.2, -0.15) is 9.37 Å². The summed E-state index contributed by atoms with van der Waals surface area (Å²) < 4.78 is 17.8. The predicted octanol–water partition coefficient (Wildman–Crippen LogP) is 0.713. The minimum Gasteiger partial charge on any atom is -0.476 e. The van der Waals surface area contributed by atoms with Crippen molar-refractivity contribution >= 4 is 5.97 Å². The van der Waals surface area contributed by atoms with Crippen LogP contribution < -0.4 is 4.74 Å². The lowest BCUT2D eigenvalue weighted by Gasteiger charge is -2.03. The van der Waals surface area contributed by atoms with Crippen LogP contribution in [0.2, 0.25) is 0 Å². The van der Waals surface area contributed by atoms with Crippen molar-refractivity contribution in [2.75, 3.05) is 6.61 Å². The topological polar surface area (TPSA) is 72.3 Å². The lowest BCUT2D eigenvalue weighted by molar-refractivity contribution is 0.0683. The van der Waals surface area contributed by atoms with Crippen LogP contribution in [0.25, 0.3) is 0 Å². The van der Waals surface area contributed by atoms with E-state index in [-0.39, 0.29) is 12.5 Å². The zero-order valence-electron chi connectivity index (χ0n) is 6.82. The van der Waals surface area contributed by atoms with Gasteiger partial charge in [0.15, 0.2) is 5.69 Å². The van der Waals surface area contributed by atoms with Gasteiger partial charge in [-0.05, 0) is 6.92 Å². The van der Waals surface area contributed by atoms with Crippen LogP contribution in [0.5, 0.6) is 5.88 Å². The van der Waals surface area contributed by atoms with Gasteiger partial charge in [0.1, 0.15) is 6.33 Å². The fourth-order valence-corrected chi connectivity index (χ4v) is 0.740. The Hall–Kier alpha value is -1.72. The molecule has 13 heavy (non-hydrogen) atoms. The molecule has 0 bridgehead atoms. The summed E-state index contributed by atoms with van der Waals surface area (Å²) in [6.07, 6.45) is 0.942. The number of hydrogen-bond acceptors (Lipinski definition) is 4. The molecule has 0 aliphatic heterocycles. The summed E-state index contributed by atoms with van der Waals surface area (Å²) in [7, 11) is 0. The average molecular weight is 186 g/mol. The van der Waals surface area contributed by atoms with E-state index in [1.54, 1.807) is 6.92 Å². The Morgan fingerprint density at radius 3 is 2.92 bits per heavy atom. The molecule has 0 aliphatic carbocycles. The quantitative estimate of drug-likeness (QED) is 0.752. The summed E-state index contributed by atoms with van der Waals surface area (Å²) in [6, 6.07) is 0. The van der Waals surface area contributed by atoms with E-state index in [0.717, 1.165) is 6.33 Å². The summed E-state index contributed by atoms with van der Waals surface area (Å²) in [4.78, 5) is 17.1. The Morgan fingerprint density at radius 1 is 1.69 bits per heavy atom. The fraction of sp³-hybridized carbons (Fsp3) is 0.286. The van der Waals surface area contributed by atoms with Crippen molar-refractivity contribution in [2.45, 2.75) is 6.92 Å². The molecule has 1 N–H and O–H groups in total. The monoisotopic (exact) mass is 186 g/mol. The molecule has 0 radical (unpaired) electrons. The van der Waals surface area contributed by atoms with Crippen LogP contribution in [-0.2, 0) is 0 Å². The van der Waals surface area contributed by atoms with Crippen molar-refractivity contribution in [2.24, 2.45) is 0 Å². The number of ether oxygens (including phenoxy) is 1. The van der Waals surface area contributed by atoms with Gasteiger partial charge >= 0.3 is 5.97 Å². The number of carboxylic acid groups (broad SMARTS) is 1. The van der Waals surface area contributed by atoms with Crippen LogP contribution in [0.15, 0.2) is 6.33 Å². The molecule has 1 rings (SSSR count). The molecular weight excluding hydrogens is 179 g/mol. The van der Waals surface area contributed by atoms with E-state index in [1.807, 2.05) is 0 Å². The molecular formula is C7H7FN2O3. The number of rotatable bonds is 3. The number of aromatic nitrogens is 2. The van der Waals surface area contributed by atoms with Crippen molar-refractivity contribution < 1.29 is 19.0 Å². The highest BCUT2D eigenvalue weighted by molar-refractivity contribution is 5.85. The highest BCUT2D eigenvalue weighted by Crippen LogP contribution is 2.14. The van der Waals surface area contributed by atoms with Gasteiger partial charge < -0.3 is 9.84 Å². The van der Waals surface area contributed by atoms with E-state index >= 15 is 0 Å². The molecule has 0 unspecified atom stereocenters. The highest BCUT2D eigenvalue weighted by Gasteiger charge is 2.17. The largest absolute Gasteiger partial charge is 0.476 e. The molecule has 1 aromatic rings. The zero-order valence-corrected chi connectivity index (χ0v) is 6.82. The molecule has 0 saturated heterocycles. The van der Waals surface area contributed by atoms with Crippen LogP contribution in [0.4, 0.5) is 4.39 Å². The van der Waals surface area contributed by atoms with Crippen molar-refractivity contribution in [1.82, 2.24) is 9.97 Å². The Balaban J connectivity index is 3.10. The maximum Gasteiger partial charge on any atom is 0.357 e. The van der Waals surface area contributed by atoms with Gasteiger partial charge in [0.2, 0.25) is 5.82 Å². The summed E-state index contributed by atoms with van der Waals surface area (Å²) in [5.74, 6) is -2.83. The number of nitrogens with zero attached hydrogens (tertiary/aromatic N) is 2. The highest BCUT2D eigenvalue weighted by atomic mass is 19.1. The van der Waals surface area contributed by atoms with E-state index in [1.165, 1.54) is 0 Å². The third kappa shape index (κ3) is 1.90. The molecule has 0 atom stereocenters. The minimum atomic E-state index is -1.44. The maximum atomic E-state index is 13.1. The lowest BCUT2D eigenvalue weighted by atomic mass is 10.4. The molecule has 1 aromatic heterocycles. The van der Waals surface area contributed by atoms with Crippen molar-refractivity contribution in [3.8, 4) is 5.88 Å². The average Bonchev–Trinajstić information content (AvgIpc) is 2.08. The first kappa shape index (κ1) is 9.37. The second-order valence-corrected chi connectivity index (χ2v) is 2.08. The van der Waals surface area contributed by atoms with Crippen LogP contribution >= 0.6 is 0 Å².